The number of fused-ring (bicyclic) bond motifs is 1. The van der Waals surface area contributed by atoms with Gasteiger partial charge in [-0.3, -0.25) is 0 Å². The number of rotatable bonds is 2. The number of carbonyl (C=O) groups is 1. The lowest BCUT2D eigenvalue weighted by Gasteiger charge is -2.30. The summed E-state index contributed by atoms with van der Waals surface area (Å²) in [4.78, 5) is 14.0. The molecule has 5 nitrogen and oxygen atoms in total. The van der Waals surface area contributed by atoms with Gasteiger partial charge in [0.1, 0.15) is 5.60 Å². The molecular weight excluding hydrogens is 402 g/mol. The molecule has 0 bridgehead atoms. The lowest BCUT2D eigenvalue weighted by atomic mass is 9.98. The molecule has 0 aromatic heterocycles. The Balaban J connectivity index is 1.54. The average molecular weight is 428 g/mol. The SMILES string of the molecule is CC(C)(C)OC(=O)N1CC=C(c2cccc3c2OC(C)(c2ccc(Cl)cc2)O3)CC1. The van der Waals surface area contributed by atoms with Crippen molar-refractivity contribution in [1.29, 1.82) is 0 Å². The molecule has 158 valence electrons. The Bertz CT molecular complexity index is 993. The molecule has 0 radical (unpaired) electrons. The number of hydrogen-bond donors (Lipinski definition) is 0. The molecule has 6 heteroatoms. The van der Waals surface area contributed by atoms with Crippen molar-refractivity contribution in [3.05, 3.63) is 64.7 Å². The highest BCUT2D eigenvalue weighted by Gasteiger charge is 2.40. The maximum absolute atomic E-state index is 12.3. The first-order valence-electron chi connectivity index (χ1n) is 10.1. The molecule has 2 aromatic rings. The third-order valence-corrected chi connectivity index (χ3v) is 5.41. The van der Waals surface area contributed by atoms with E-state index in [1.165, 1.54) is 0 Å². The van der Waals surface area contributed by atoms with Crippen LogP contribution in [-0.4, -0.2) is 29.7 Å². The van der Waals surface area contributed by atoms with E-state index >= 15 is 0 Å². The van der Waals surface area contributed by atoms with Gasteiger partial charge in [-0.1, -0.05) is 29.8 Å². The fraction of sp³-hybridized carbons (Fsp3) is 0.375. The summed E-state index contributed by atoms with van der Waals surface area (Å²) >= 11 is 6.02. The lowest BCUT2D eigenvalue weighted by molar-refractivity contribution is -0.0681. The molecule has 0 saturated carbocycles. The van der Waals surface area contributed by atoms with Gasteiger partial charge in [-0.05, 0) is 63.1 Å². The zero-order valence-corrected chi connectivity index (χ0v) is 18.5. The number of amides is 1. The van der Waals surface area contributed by atoms with Crippen LogP contribution >= 0.6 is 11.6 Å². The van der Waals surface area contributed by atoms with Gasteiger partial charge in [0.25, 0.3) is 5.79 Å². The van der Waals surface area contributed by atoms with Crippen LogP contribution in [0.4, 0.5) is 4.79 Å². The minimum Gasteiger partial charge on any atom is -0.445 e. The predicted molar refractivity (Wildman–Crippen MR) is 117 cm³/mol. The van der Waals surface area contributed by atoms with Crippen molar-refractivity contribution in [1.82, 2.24) is 4.90 Å². The molecular formula is C24H26ClNO4. The molecule has 2 heterocycles. The smallest absolute Gasteiger partial charge is 0.410 e. The quantitative estimate of drug-likeness (QED) is 0.589. The van der Waals surface area contributed by atoms with E-state index in [1.807, 2.05) is 70.2 Å². The summed E-state index contributed by atoms with van der Waals surface area (Å²) in [6, 6.07) is 13.4. The van der Waals surface area contributed by atoms with Gasteiger partial charge in [0.2, 0.25) is 0 Å². The number of halogens is 1. The standard InChI is InChI=1S/C24H26ClNO4/c1-23(2,3)30-22(27)26-14-12-16(13-15-26)19-6-5-7-20-21(19)29-24(4,28-20)17-8-10-18(25)11-9-17/h5-12H,13-15H2,1-4H3. The fourth-order valence-corrected chi connectivity index (χ4v) is 3.78. The Morgan fingerprint density at radius 1 is 1.13 bits per heavy atom. The molecule has 2 aliphatic heterocycles. The molecule has 1 unspecified atom stereocenters. The van der Waals surface area contributed by atoms with Crippen LogP contribution in [0, 0.1) is 0 Å². The van der Waals surface area contributed by atoms with E-state index in [-0.39, 0.29) is 6.09 Å². The summed E-state index contributed by atoms with van der Waals surface area (Å²) in [5, 5.41) is 0.667. The van der Waals surface area contributed by atoms with Crippen molar-refractivity contribution >= 4 is 23.3 Å². The minimum absolute atomic E-state index is 0.286. The summed E-state index contributed by atoms with van der Waals surface area (Å²) in [7, 11) is 0. The Hall–Kier alpha value is -2.66. The highest BCUT2D eigenvalue weighted by Crippen LogP contribution is 2.48. The number of nitrogens with zero attached hydrogens (tertiary/aromatic N) is 1. The summed E-state index contributed by atoms with van der Waals surface area (Å²) < 4.78 is 18.0. The molecule has 0 aliphatic carbocycles. The third-order valence-electron chi connectivity index (χ3n) is 5.16. The van der Waals surface area contributed by atoms with E-state index in [4.69, 9.17) is 25.8 Å². The van der Waals surface area contributed by atoms with Crippen molar-refractivity contribution in [3.8, 4) is 11.5 Å². The maximum Gasteiger partial charge on any atom is 0.410 e. The zero-order valence-electron chi connectivity index (χ0n) is 17.7. The summed E-state index contributed by atoms with van der Waals surface area (Å²) in [6.07, 6.45) is 2.49. The first kappa shape index (κ1) is 20.6. The van der Waals surface area contributed by atoms with Crippen molar-refractivity contribution < 1.29 is 19.0 Å². The second-order valence-corrected chi connectivity index (χ2v) is 9.13. The third kappa shape index (κ3) is 4.12. The molecule has 2 aliphatic rings. The summed E-state index contributed by atoms with van der Waals surface area (Å²) in [6.45, 7) is 8.62. The number of benzene rings is 2. The van der Waals surface area contributed by atoms with Crippen molar-refractivity contribution in [2.24, 2.45) is 0 Å². The van der Waals surface area contributed by atoms with Gasteiger partial charge in [0.05, 0.1) is 0 Å². The van der Waals surface area contributed by atoms with Gasteiger partial charge in [-0.2, -0.15) is 0 Å². The van der Waals surface area contributed by atoms with Gasteiger partial charge < -0.3 is 19.1 Å². The van der Waals surface area contributed by atoms with Gasteiger partial charge in [-0.15, -0.1) is 0 Å². The van der Waals surface area contributed by atoms with Gasteiger partial charge in [0.15, 0.2) is 11.5 Å². The zero-order chi connectivity index (χ0) is 21.5. The van der Waals surface area contributed by atoms with Crippen LogP contribution in [0.2, 0.25) is 5.02 Å². The number of para-hydroxylation sites is 1. The van der Waals surface area contributed by atoms with Crippen LogP contribution in [0.3, 0.4) is 0 Å². The minimum atomic E-state index is -0.916. The number of carbonyl (C=O) groups excluding carboxylic acids is 1. The first-order chi connectivity index (χ1) is 14.1. The van der Waals surface area contributed by atoms with Gasteiger partial charge in [-0.25, -0.2) is 4.79 Å². The molecule has 4 rings (SSSR count). The van der Waals surface area contributed by atoms with Gasteiger partial charge >= 0.3 is 6.09 Å². The van der Waals surface area contributed by atoms with Crippen LogP contribution in [0.1, 0.15) is 45.2 Å². The number of hydrogen-bond acceptors (Lipinski definition) is 4. The van der Waals surface area contributed by atoms with Crippen LogP contribution in [0.25, 0.3) is 5.57 Å². The van der Waals surface area contributed by atoms with Crippen molar-refractivity contribution in [3.63, 3.8) is 0 Å². The molecule has 30 heavy (non-hydrogen) atoms. The van der Waals surface area contributed by atoms with Crippen molar-refractivity contribution in [2.45, 2.75) is 45.5 Å². The summed E-state index contributed by atoms with van der Waals surface area (Å²) in [5.74, 6) is 0.521. The maximum atomic E-state index is 12.3. The molecule has 0 spiro atoms. The molecule has 0 saturated heterocycles. The topological polar surface area (TPSA) is 48.0 Å². The van der Waals surface area contributed by atoms with E-state index in [0.717, 1.165) is 28.9 Å². The molecule has 2 aromatic carbocycles. The van der Waals surface area contributed by atoms with Gasteiger partial charge in [0, 0.05) is 36.2 Å². The Labute approximate surface area is 182 Å². The predicted octanol–water partition coefficient (Wildman–Crippen LogP) is 6.01. The highest BCUT2D eigenvalue weighted by atomic mass is 35.5. The van der Waals surface area contributed by atoms with E-state index in [9.17, 15) is 4.79 Å². The molecule has 1 atom stereocenters. The van der Waals surface area contributed by atoms with E-state index in [1.54, 1.807) is 4.90 Å². The average Bonchev–Trinajstić information content (AvgIpc) is 3.04. The van der Waals surface area contributed by atoms with Crippen LogP contribution < -0.4 is 9.47 Å². The summed E-state index contributed by atoms with van der Waals surface area (Å²) in [5.41, 5.74) is 2.52. The Morgan fingerprint density at radius 2 is 1.87 bits per heavy atom. The van der Waals surface area contributed by atoms with Crippen molar-refractivity contribution in [2.75, 3.05) is 13.1 Å². The Morgan fingerprint density at radius 3 is 2.50 bits per heavy atom. The molecule has 0 fully saturated rings. The fourth-order valence-electron chi connectivity index (χ4n) is 3.66. The number of ether oxygens (including phenoxy) is 3. The lowest BCUT2D eigenvalue weighted by Crippen LogP contribution is -2.39. The van der Waals surface area contributed by atoms with E-state index in [0.29, 0.717) is 23.9 Å². The second kappa shape index (κ2) is 7.55. The Kier molecular flexibility index (Phi) is 5.18. The van der Waals surface area contributed by atoms with Crippen LogP contribution in [0.5, 0.6) is 11.5 Å². The van der Waals surface area contributed by atoms with Crippen LogP contribution in [0.15, 0.2) is 48.5 Å². The largest absolute Gasteiger partial charge is 0.445 e. The second-order valence-electron chi connectivity index (χ2n) is 8.70. The van der Waals surface area contributed by atoms with E-state index < -0.39 is 11.4 Å². The monoisotopic (exact) mass is 427 g/mol. The highest BCUT2D eigenvalue weighted by molar-refractivity contribution is 6.30. The first-order valence-corrected chi connectivity index (χ1v) is 10.5. The normalized spacial score (nSPS) is 20.7. The molecule has 1 amide bonds. The molecule has 0 N–H and O–H groups in total. The van der Waals surface area contributed by atoms with E-state index in [2.05, 4.69) is 6.08 Å². The van der Waals surface area contributed by atoms with Crippen LogP contribution in [-0.2, 0) is 10.5 Å².